The molecule has 3 rings (SSSR count). The molecule has 0 spiro atoms. The van der Waals surface area contributed by atoms with Crippen molar-refractivity contribution < 1.29 is 0 Å². The second-order valence-electron chi connectivity index (χ2n) is 11.3. The lowest BCUT2D eigenvalue weighted by molar-refractivity contribution is 0.248. The van der Waals surface area contributed by atoms with Crippen molar-refractivity contribution in [3.8, 4) is 23.7 Å². The Morgan fingerprint density at radius 3 is 1.65 bits per heavy atom. The van der Waals surface area contributed by atoms with Crippen molar-refractivity contribution in [1.29, 1.82) is 0 Å². The quantitative estimate of drug-likeness (QED) is 0.192. The Bertz CT molecular complexity index is 978. The minimum Gasteiger partial charge on any atom is -0.0979 e. The summed E-state index contributed by atoms with van der Waals surface area (Å²) < 4.78 is 0. The summed E-state index contributed by atoms with van der Waals surface area (Å²) in [4.78, 5) is 0. The van der Waals surface area contributed by atoms with E-state index in [2.05, 4.69) is 86.1 Å². The van der Waals surface area contributed by atoms with Crippen molar-refractivity contribution in [1.82, 2.24) is 0 Å². The molecule has 198 valence electrons. The lowest BCUT2D eigenvalue weighted by Gasteiger charge is -2.28. The second-order valence-corrected chi connectivity index (χ2v) is 11.3. The van der Waals surface area contributed by atoms with Crippen LogP contribution in [0, 0.1) is 35.5 Å². The van der Waals surface area contributed by atoms with Crippen molar-refractivity contribution in [2.75, 3.05) is 0 Å². The van der Waals surface area contributed by atoms with E-state index in [-0.39, 0.29) is 0 Å². The van der Waals surface area contributed by atoms with Gasteiger partial charge >= 0.3 is 0 Å². The summed E-state index contributed by atoms with van der Waals surface area (Å²) in [5.74, 6) is 15.1. The summed E-state index contributed by atoms with van der Waals surface area (Å²) in [7, 11) is 0. The molecule has 0 radical (unpaired) electrons. The highest BCUT2D eigenvalue weighted by Crippen LogP contribution is 2.34. The first-order valence-corrected chi connectivity index (χ1v) is 15.5. The molecule has 0 heterocycles. The molecule has 1 fully saturated rings. The summed E-state index contributed by atoms with van der Waals surface area (Å²) in [6, 6.07) is 17.3. The largest absolute Gasteiger partial charge is 0.0979 e. The van der Waals surface area contributed by atoms with Crippen molar-refractivity contribution in [3.63, 3.8) is 0 Å². The van der Waals surface area contributed by atoms with Crippen molar-refractivity contribution in [3.05, 3.63) is 70.8 Å². The molecule has 0 amide bonds. The van der Waals surface area contributed by atoms with E-state index >= 15 is 0 Å². The van der Waals surface area contributed by atoms with Gasteiger partial charge in [0.15, 0.2) is 0 Å². The van der Waals surface area contributed by atoms with Crippen LogP contribution in [0.3, 0.4) is 0 Å². The molecule has 1 aliphatic carbocycles. The normalized spacial score (nSPS) is 16.9. The van der Waals surface area contributed by atoms with Gasteiger partial charge in [0.1, 0.15) is 0 Å². The molecule has 0 bridgehead atoms. The third-order valence-electron chi connectivity index (χ3n) is 8.10. The van der Waals surface area contributed by atoms with E-state index in [1.54, 1.807) is 0 Å². The average molecular weight is 495 g/mol. The third kappa shape index (κ3) is 12.1. The van der Waals surface area contributed by atoms with Crippen LogP contribution in [-0.2, 0) is 6.42 Å². The van der Waals surface area contributed by atoms with Gasteiger partial charge < -0.3 is 0 Å². The van der Waals surface area contributed by atoms with Gasteiger partial charge in [0.2, 0.25) is 0 Å². The lowest BCUT2D eigenvalue weighted by atomic mass is 9.77. The van der Waals surface area contributed by atoms with Gasteiger partial charge in [0.05, 0.1) is 0 Å². The zero-order chi connectivity index (χ0) is 26.0. The zero-order valence-corrected chi connectivity index (χ0v) is 23.8. The summed E-state index contributed by atoms with van der Waals surface area (Å²) in [5.41, 5.74) is 4.69. The molecule has 0 heteroatoms. The molecule has 2 aromatic rings. The van der Waals surface area contributed by atoms with Crippen LogP contribution in [0.25, 0.3) is 0 Å². The van der Waals surface area contributed by atoms with E-state index in [4.69, 9.17) is 0 Å². The van der Waals surface area contributed by atoms with Crippen LogP contribution in [0.2, 0.25) is 0 Å². The Morgan fingerprint density at radius 2 is 1.03 bits per heavy atom. The maximum absolute atomic E-state index is 3.33. The van der Waals surface area contributed by atoms with E-state index in [9.17, 15) is 0 Å². The molecule has 0 unspecified atom stereocenters. The highest BCUT2D eigenvalue weighted by molar-refractivity contribution is 5.46. The maximum atomic E-state index is 3.33. The van der Waals surface area contributed by atoms with Crippen molar-refractivity contribution in [2.45, 2.75) is 123 Å². The minimum atomic E-state index is 0.935. The third-order valence-corrected chi connectivity index (χ3v) is 8.10. The molecular weight excluding hydrogens is 444 g/mol. The molecular formula is C37H50. The smallest absolute Gasteiger partial charge is 0.0249 e. The van der Waals surface area contributed by atoms with Crippen molar-refractivity contribution >= 4 is 0 Å². The average Bonchev–Trinajstić information content (AvgIpc) is 2.94. The molecule has 37 heavy (non-hydrogen) atoms. The Labute approximate surface area is 229 Å². The molecule has 0 nitrogen and oxygen atoms in total. The fourth-order valence-electron chi connectivity index (χ4n) is 5.56. The molecule has 0 N–H and O–H groups in total. The summed E-state index contributed by atoms with van der Waals surface area (Å²) in [6.07, 6.45) is 23.2. The molecule has 0 aliphatic heterocycles. The van der Waals surface area contributed by atoms with Gasteiger partial charge in [-0.2, -0.15) is 0 Å². The lowest BCUT2D eigenvalue weighted by Crippen LogP contribution is -2.15. The molecule has 0 atom stereocenters. The molecule has 1 aliphatic rings. The van der Waals surface area contributed by atoms with Gasteiger partial charge in [-0.15, -0.1) is 0 Å². The number of hydrogen-bond acceptors (Lipinski definition) is 0. The number of hydrogen-bond donors (Lipinski definition) is 0. The predicted molar refractivity (Wildman–Crippen MR) is 162 cm³/mol. The highest BCUT2D eigenvalue weighted by Gasteiger charge is 2.20. The van der Waals surface area contributed by atoms with E-state index < -0.39 is 0 Å². The number of unbranched alkanes of at least 4 members (excludes halogenated alkanes) is 8. The molecule has 2 aromatic carbocycles. The van der Waals surface area contributed by atoms with Crippen molar-refractivity contribution in [2.24, 2.45) is 11.8 Å². The van der Waals surface area contributed by atoms with E-state index in [1.165, 1.54) is 108 Å². The van der Waals surface area contributed by atoms with Crippen LogP contribution >= 0.6 is 0 Å². The van der Waals surface area contributed by atoms with Gasteiger partial charge in [-0.25, -0.2) is 0 Å². The van der Waals surface area contributed by atoms with Crippen LogP contribution in [0.4, 0.5) is 0 Å². The standard InChI is InChI=1S/C37H50/c1-3-5-7-9-11-13-15-33-18-22-35(23-19-33)25-27-37-30-28-36(29-31-37)26-24-34-20-16-32(17-21-34)14-12-10-8-6-4-2/h16-17,20-21,28-31,33,35H,3-11,13,15,18-19,22-23,25,27H2,1-2H3. The van der Waals surface area contributed by atoms with E-state index in [0.29, 0.717) is 0 Å². The fourth-order valence-corrected chi connectivity index (χ4v) is 5.56. The summed E-state index contributed by atoms with van der Waals surface area (Å²) >= 11 is 0. The molecule has 1 saturated carbocycles. The van der Waals surface area contributed by atoms with Gasteiger partial charge in [-0.3, -0.25) is 0 Å². The van der Waals surface area contributed by atoms with Crippen LogP contribution in [0.5, 0.6) is 0 Å². The Hall–Kier alpha value is -2.44. The van der Waals surface area contributed by atoms with Gasteiger partial charge in [-0.1, -0.05) is 133 Å². The SMILES string of the molecule is CCCCCC#Cc1ccc(C#Cc2ccc(CCC3CCC(CCCCCCCC)CC3)cc2)cc1. The number of aryl methyl sites for hydroxylation is 1. The van der Waals surface area contributed by atoms with Crippen LogP contribution in [-0.4, -0.2) is 0 Å². The monoisotopic (exact) mass is 494 g/mol. The first-order chi connectivity index (χ1) is 18.3. The Morgan fingerprint density at radius 1 is 0.541 bits per heavy atom. The van der Waals surface area contributed by atoms with Crippen LogP contribution < -0.4 is 0 Å². The van der Waals surface area contributed by atoms with Gasteiger partial charge in [0, 0.05) is 23.1 Å². The van der Waals surface area contributed by atoms with Crippen LogP contribution in [0.15, 0.2) is 48.5 Å². The first-order valence-electron chi connectivity index (χ1n) is 15.5. The van der Waals surface area contributed by atoms with Crippen LogP contribution in [0.1, 0.15) is 139 Å². The number of benzene rings is 2. The maximum Gasteiger partial charge on any atom is 0.0249 e. The predicted octanol–water partition coefficient (Wildman–Crippen LogP) is 10.5. The Balaban J connectivity index is 1.34. The first kappa shape index (κ1) is 29.1. The summed E-state index contributed by atoms with van der Waals surface area (Å²) in [5, 5.41) is 0. The highest BCUT2D eigenvalue weighted by atomic mass is 14.3. The van der Waals surface area contributed by atoms with Gasteiger partial charge in [-0.05, 0) is 73.1 Å². The topological polar surface area (TPSA) is 0 Å². The summed E-state index contributed by atoms with van der Waals surface area (Å²) in [6.45, 7) is 4.53. The second kappa shape index (κ2) is 17.9. The number of rotatable bonds is 13. The fraction of sp³-hybridized carbons (Fsp3) is 0.568. The Kier molecular flexibility index (Phi) is 14.1. The van der Waals surface area contributed by atoms with Gasteiger partial charge in [0.25, 0.3) is 0 Å². The van der Waals surface area contributed by atoms with E-state index in [0.717, 1.165) is 34.9 Å². The van der Waals surface area contributed by atoms with E-state index in [1.807, 2.05) is 0 Å². The molecule has 0 saturated heterocycles. The minimum absolute atomic E-state index is 0.935. The zero-order valence-electron chi connectivity index (χ0n) is 23.8. The molecule has 0 aromatic heterocycles.